The zero-order valence-corrected chi connectivity index (χ0v) is 10.9. The predicted molar refractivity (Wildman–Crippen MR) is 64.0 cm³/mol. The van der Waals surface area contributed by atoms with Crippen LogP contribution in [0.5, 0.6) is 0 Å². The first-order valence-electron chi connectivity index (χ1n) is 6.60. The molecule has 0 aromatic carbocycles. The van der Waals surface area contributed by atoms with E-state index in [9.17, 15) is 18.4 Å². The van der Waals surface area contributed by atoms with E-state index in [1.165, 1.54) is 0 Å². The highest BCUT2D eigenvalue weighted by Gasteiger charge is 2.34. The Balaban J connectivity index is 2.52. The maximum absolute atomic E-state index is 12.1. The number of rotatable bonds is 4. The lowest BCUT2D eigenvalue weighted by Gasteiger charge is -2.35. The molecule has 1 atom stereocenters. The average Bonchev–Trinajstić information content (AvgIpc) is 2.56. The second-order valence-electron chi connectivity index (χ2n) is 5.26. The normalized spacial score (nSPS) is 21.9. The molecule has 104 valence electrons. The summed E-state index contributed by atoms with van der Waals surface area (Å²) in [4.78, 5) is 2.07. The van der Waals surface area contributed by atoms with Gasteiger partial charge in [0.05, 0.1) is 6.07 Å². The second kappa shape index (κ2) is 6.42. The summed E-state index contributed by atoms with van der Waals surface area (Å²) in [6.07, 6.45) is -0.200. The molecule has 2 nitrogen and oxygen atoms in total. The molecule has 1 fully saturated rings. The highest BCUT2D eigenvalue weighted by atomic mass is 19.4. The minimum Gasteiger partial charge on any atom is -0.286 e. The summed E-state index contributed by atoms with van der Waals surface area (Å²) in [6, 6.07) is 2.22. The van der Waals surface area contributed by atoms with Crippen LogP contribution in [0.4, 0.5) is 13.2 Å². The Morgan fingerprint density at radius 2 is 1.61 bits per heavy atom. The van der Waals surface area contributed by atoms with Crippen LogP contribution in [0.25, 0.3) is 0 Å². The molecule has 0 amide bonds. The van der Waals surface area contributed by atoms with Gasteiger partial charge >= 0.3 is 6.18 Å². The predicted octanol–water partition coefficient (Wildman–Crippen LogP) is 3.88. The van der Waals surface area contributed by atoms with Crippen molar-refractivity contribution in [3.8, 4) is 6.07 Å². The van der Waals surface area contributed by atoms with Crippen LogP contribution in [0.15, 0.2) is 0 Å². The molecular formula is C13H21F3N2. The van der Waals surface area contributed by atoms with Crippen LogP contribution in [-0.2, 0) is 0 Å². The van der Waals surface area contributed by atoms with E-state index in [-0.39, 0.29) is 6.42 Å². The van der Waals surface area contributed by atoms with Crippen molar-refractivity contribution in [1.82, 2.24) is 4.90 Å². The van der Waals surface area contributed by atoms with Crippen LogP contribution in [0.1, 0.15) is 51.9 Å². The van der Waals surface area contributed by atoms with Gasteiger partial charge in [0.1, 0.15) is 5.54 Å². The van der Waals surface area contributed by atoms with Gasteiger partial charge in [-0.1, -0.05) is 12.8 Å². The number of hydrogen-bond donors (Lipinski definition) is 0. The van der Waals surface area contributed by atoms with Gasteiger partial charge in [-0.3, -0.25) is 4.90 Å². The smallest absolute Gasteiger partial charge is 0.286 e. The summed E-state index contributed by atoms with van der Waals surface area (Å²) in [5.41, 5.74) is -0.740. The Bertz CT molecular complexity index is 288. The van der Waals surface area contributed by atoms with E-state index < -0.39 is 18.1 Å². The molecule has 0 bridgehead atoms. The molecule has 0 N–H and O–H groups in total. The van der Waals surface area contributed by atoms with E-state index in [2.05, 4.69) is 11.0 Å². The van der Waals surface area contributed by atoms with Crippen LogP contribution < -0.4 is 0 Å². The summed E-state index contributed by atoms with van der Waals surface area (Å²) in [5.74, 6) is 0. The summed E-state index contributed by atoms with van der Waals surface area (Å²) >= 11 is 0. The van der Waals surface area contributed by atoms with Crippen LogP contribution in [0.2, 0.25) is 0 Å². The molecule has 0 aromatic rings. The van der Waals surface area contributed by atoms with E-state index >= 15 is 0 Å². The van der Waals surface area contributed by atoms with Crippen molar-refractivity contribution in [2.45, 2.75) is 63.6 Å². The van der Waals surface area contributed by atoms with Gasteiger partial charge in [-0.25, -0.2) is 0 Å². The second-order valence-corrected chi connectivity index (χ2v) is 5.26. The van der Waals surface area contributed by atoms with E-state index in [1.807, 2.05) is 0 Å². The summed E-state index contributed by atoms with van der Waals surface area (Å²) in [5, 5.41) is 9.29. The Morgan fingerprint density at radius 3 is 2.06 bits per heavy atom. The van der Waals surface area contributed by atoms with Crippen LogP contribution in [0.3, 0.4) is 0 Å². The van der Waals surface area contributed by atoms with Gasteiger partial charge in [0.25, 0.3) is 0 Å². The zero-order chi connectivity index (χ0) is 13.6. The van der Waals surface area contributed by atoms with Crippen molar-refractivity contribution in [1.29, 1.82) is 5.26 Å². The highest BCUT2D eigenvalue weighted by molar-refractivity contribution is 5.05. The average molecular weight is 262 g/mol. The number of hydrogen-bond acceptors (Lipinski definition) is 2. The molecule has 0 aromatic heterocycles. The monoisotopic (exact) mass is 262 g/mol. The zero-order valence-electron chi connectivity index (χ0n) is 10.9. The lowest BCUT2D eigenvalue weighted by atomic mass is 9.94. The fourth-order valence-corrected chi connectivity index (χ4v) is 2.48. The van der Waals surface area contributed by atoms with Crippen LogP contribution >= 0.6 is 0 Å². The molecule has 1 rings (SSSR count). The maximum Gasteiger partial charge on any atom is 0.389 e. The van der Waals surface area contributed by atoms with Crippen molar-refractivity contribution >= 4 is 0 Å². The third-order valence-corrected chi connectivity index (χ3v) is 3.67. The quantitative estimate of drug-likeness (QED) is 0.768. The van der Waals surface area contributed by atoms with Gasteiger partial charge in [0.15, 0.2) is 0 Å². The lowest BCUT2D eigenvalue weighted by Crippen LogP contribution is -2.45. The molecule has 18 heavy (non-hydrogen) atoms. The molecule has 0 saturated carbocycles. The molecular weight excluding hydrogens is 241 g/mol. The third kappa shape index (κ3) is 4.85. The fourth-order valence-electron chi connectivity index (χ4n) is 2.48. The Morgan fingerprint density at radius 1 is 1.06 bits per heavy atom. The number of alkyl halides is 3. The minimum atomic E-state index is -4.12. The first-order chi connectivity index (χ1) is 8.37. The van der Waals surface area contributed by atoms with Crippen molar-refractivity contribution in [2.75, 3.05) is 13.1 Å². The van der Waals surface area contributed by atoms with E-state index in [4.69, 9.17) is 0 Å². The minimum absolute atomic E-state index is 0.0318. The van der Waals surface area contributed by atoms with Crippen LogP contribution in [0, 0.1) is 11.3 Å². The first-order valence-corrected chi connectivity index (χ1v) is 6.60. The van der Waals surface area contributed by atoms with Gasteiger partial charge in [-0.2, -0.15) is 18.4 Å². The van der Waals surface area contributed by atoms with E-state index in [0.29, 0.717) is 6.42 Å². The highest BCUT2D eigenvalue weighted by Crippen LogP contribution is 2.29. The van der Waals surface area contributed by atoms with Gasteiger partial charge in [-0.05, 0) is 45.7 Å². The molecule has 0 spiro atoms. The van der Waals surface area contributed by atoms with Crippen molar-refractivity contribution in [2.24, 2.45) is 0 Å². The largest absolute Gasteiger partial charge is 0.389 e. The SMILES string of the molecule is CC(C#N)(CCCC(F)(F)F)N1CCCCCC1. The Kier molecular flexibility index (Phi) is 5.46. The number of nitriles is 1. The molecule has 0 aliphatic carbocycles. The molecule has 5 heteroatoms. The van der Waals surface area contributed by atoms with Crippen molar-refractivity contribution in [3.63, 3.8) is 0 Å². The van der Waals surface area contributed by atoms with Crippen LogP contribution in [-0.4, -0.2) is 29.7 Å². The van der Waals surface area contributed by atoms with Gasteiger partial charge in [-0.15, -0.1) is 0 Å². The number of likely N-dealkylation sites (tertiary alicyclic amines) is 1. The Hall–Kier alpha value is -0.760. The van der Waals surface area contributed by atoms with E-state index in [1.54, 1.807) is 6.92 Å². The van der Waals surface area contributed by atoms with Gasteiger partial charge < -0.3 is 0 Å². The topological polar surface area (TPSA) is 27.0 Å². The molecule has 1 unspecified atom stereocenters. The van der Waals surface area contributed by atoms with Gasteiger partial charge in [0.2, 0.25) is 0 Å². The summed E-state index contributed by atoms with van der Waals surface area (Å²) in [7, 11) is 0. The standard InChI is InChI=1S/C13H21F3N2/c1-12(11-17,7-6-8-13(14,15)16)18-9-4-2-3-5-10-18/h2-10H2,1H3. The summed E-state index contributed by atoms with van der Waals surface area (Å²) in [6.45, 7) is 3.43. The Labute approximate surface area is 107 Å². The van der Waals surface area contributed by atoms with Crippen molar-refractivity contribution in [3.05, 3.63) is 0 Å². The molecule has 0 radical (unpaired) electrons. The van der Waals surface area contributed by atoms with E-state index in [0.717, 1.165) is 38.8 Å². The first kappa shape index (κ1) is 15.3. The maximum atomic E-state index is 12.1. The molecule has 1 heterocycles. The number of nitrogens with zero attached hydrogens (tertiary/aromatic N) is 2. The molecule has 1 aliphatic heterocycles. The van der Waals surface area contributed by atoms with Gasteiger partial charge in [0, 0.05) is 6.42 Å². The summed E-state index contributed by atoms with van der Waals surface area (Å²) < 4.78 is 36.4. The lowest BCUT2D eigenvalue weighted by molar-refractivity contribution is -0.136. The molecule has 1 aliphatic rings. The fraction of sp³-hybridized carbons (Fsp3) is 0.923. The molecule has 1 saturated heterocycles. The number of halogens is 3. The third-order valence-electron chi connectivity index (χ3n) is 3.67. The van der Waals surface area contributed by atoms with Crippen molar-refractivity contribution < 1.29 is 13.2 Å².